The highest BCUT2D eigenvalue weighted by Gasteiger charge is 2.33. The van der Waals surface area contributed by atoms with Crippen molar-refractivity contribution in [3.63, 3.8) is 0 Å². The van der Waals surface area contributed by atoms with Crippen LogP contribution in [0.15, 0.2) is 35.5 Å². The largest absolute Gasteiger partial charge is 0.466 e. The minimum atomic E-state index is -0.697. The van der Waals surface area contributed by atoms with E-state index < -0.39 is 11.9 Å². The molecule has 1 fully saturated rings. The van der Waals surface area contributed by atoms with Gasteiger partial charge in [-0.3, -0.25) is 9.59 Å². The van der Waals surface area contributed by atoms with Gasteiger partial charge in [-0.05, 0) is 44.0 Å². The molecule has 0 saturated carbocycles. The van der Waals surface area contributed by atoms with Gasteiger partial charge < -0.3 is 28.7 Å². The molecule has 33 heavy (non-hydrogen) atoms. The predicted molar refractivity (Wildman–Crippen MR) is 116 cm³/mol. The van der Waals surface area contributed by atoms with Crippen molar-refractivity contribution in [1.29, 1.82) is 0 Å². The van der Waals surface area contributed by atoms with Crippen molar-refractivity contribution >= 4 is 29.5 Å². The molecule has 1 aromatic rings. The molecule has 178 valence electrons. The van der Waals surface area contributed by atoms with E-state index in [1.807, 2.05) is 0 Å². The smallest absolute Gasteiger partial charge is 0.355 e. The van der Waals surface area contributed by atoms with Crippen LogP contribution in [0.4, 0.5) is 5.69 Å². The van der Waals surface area contributed by atoms with E-state index in [1.54, 1.807) is 36.1 Å². The van der Waals surface area contributed by atoms with Crippen LogP contribution in [-0.2, 0) is 33.3 Å². The Labute approximate surface area is 192 Å². The van der Waals surface area contributed by atoms with Crippen molar-refractivity contribution in [3.8, 4) is 0 Å². The summed E-state index contributed by atoms with van der Waals surface area (Å²) in [5.74, 6) is -2.18. The number of anilines is 1. The van der Waals surface area contributed by atoms with Gasteiger partial charge in [0.05, 0.1) is 38.9 Å². The Morgan fingerprint density at radius 2 is 1.76 bits per heavy atom. The van der Waals surface area contributed by atoms with E-state index in [9.17, 15) is 19.2 Å². The normalized spacial score (nSPS) is 18.6. The first-order chi connectivity index (χ1) is 15.9. The van der Waals surface area contributed by atoms with Gasteiger partial charge in [0.2, 0.25) is 0 Å². The number of piperidine rings is 1. The average Bonchev–Trinajstić information content (AvgIpc) is 2.87. The van der Waals surface area contributed by atoms with E-state index in [0.29, 0.717) is 37.4 Å². The van der Waals surface area contributed by atoms with Gasteiger partial charge in [0, 0.05) is 24.3 Å². The number of carbonyl (C=O) groups is 4. The first-order valence-corrected chi connectivity index (χ1v) is 10.7. The predicted octanol–water partition coefficient (Wildman–Crippen LogP) is 1.50. The van der Waals surface area contributed by atoms with E-state index in [4.69, 9.17) is 18.9 Å². The lowest BCUT2D eigenvalue weighted by molar-refractivity contribution is -0.149. The number of methoxy groups -OCH3 is 2. The van der Waals surface area contributed by atoms with E-state index >= 15 is 0 Å². The minimum Gasteiger partial charge on any atom is -0.466 e. The third-order valence-corrected chi connectivity index (χ3v) is 5.59. The topological polar surface area (TPSA) is 112 Å². The molecule has 10 heteroatoms. The highest BCUT2D eigenvalue weighted by atomic mass is 16.5. The minimum absolute atomic E-state index is 0.0194. The Bertz CT molecular complexity index is 940. The number of benzene rings is 1. The van der Waals surface area contributed by atoms with Crippen LogP contribution in [0.1, 0.15) is 30.1 Å². The summed E-state index contributed by atoms with van der Waals surface area (Å²) in [5.41, 5.74) is 1.06. The summed E-state index contributed by atoms with van der Waals surface area (Å²) >= 11 is 0. The van der Waals surface area contributed by atoms with Gasteiger partial charge in [-0.25, -0.2) is 9.59 Å². The van der Waals surface area contributed by atoms with E-state index in [1.165, 1.54) is 19.1 Å². The van der Waals surface area contributed by atoms with Crippen LogP contribution in [0, 0.1) is 5.92 Å². The summed E-state index contributed by atoms with van der Waals surface area (Å²) in [6, 6.07) is 6.58. The molecule has 0 bridgehead atoms. The fraction of sp³-hybridized carbons (Fsp3) is 0.478. The molecular weight excluding hydrogens is 432 g/mol. The SMILES string of the molecule is CCOC(=O)C1CCCN(C(=O)c2ccc(N3COCC(C(=O)OC)=C3C(=O)OC)cc2)C1. The molecule has 1 saturated heterocycles. The van der Waals surface area contributed by atoms with Gasteiger partial charge in [0.25, 0.3) is 5.91 Å². The summed E-state index contributed by atoms with van der Waals surface area (Å²) in [7, 11) is 2.44. The van der Waals surface area contributed by atoms with Gasteiger partial charge in [0.15, 0.2) is 0 Å². The Kier molecular flexibility index (Phi) is 8.05. The molecular formula is C23H28N2O8. The molecule has 2 aliphatic heterocycles. The lowest BCUT2D eigenvalue weighted by Crippen LogP contribution is -2.42. The standard InChI is InChI=1S/C23H28N2O8/c1-4-33-21(27)16-6-5-11-24(12-16)20(26)15-7-9-17(10-8-15)25-14-32-13-18(22(28)30-2)19(25)23(29)31-3/h7-10,16H,4-6,11-14H2,1-3H3. The van der Waals surface area contributed by atoms with Crippen molar-refractivity contribution in [3.05, 3.63) is 41.1 Å². The van der Waals surface area contributed by atoms with Crippen molar-refractivity contribution in [2.45, 2.75) is 19.8 Å². The first-order valence-electron chi connectivity index (χ1n) is 10.7. The number of hydrogen-bond acceptors (Lipinski definition) is 9. The lowest BCUT2D eigenvalue weighted by atomic mass is 9.97. The van der Waals surface area contributed by atoms with Crippen LogP contribution in [0.25, 0.3) is 0 Å². The van der Waals surface area contributed by atoms with Gasteiger partial charge in [-0.2, -0.15) is 0 Å². The third kappa shape index (κ3) is 5.33. The number of ether oxygens (including phenoxy) is 4. The molecule has 1 aromatic carbocycles. The molecule has 2 heterocycles. The summed E-state index contributed by atoms with van der Waals surface area (Å²) in [6.45, 7) is 2.88. The van der Waals surface area contributed by atoms with Crippen LogP contribution >= 0.6 is 0 Å². The summed E-state index contributed by atoms with van der Waals surface area (Å²) in [6.07, 6.45) is 1.42. The van der Waals surface area contributed by atoms with Gasteiger partial charge in [-0.1, -0.05) is 0 Å². The number of carbonyl (C=O) groups excluding carboxylic acids is 4. The Hall–Kier alpha value is -3.40. The molecule has 3 rings (SSSR count). The van der Waals surface area contributed by atoms with Crippen molar-refractivity contribution in [2.75, 3.05) is 52.2 Å². The van der Waals surface area contributed by atoms with Gasteiger partial charge >= 0.3 is 17.9 Å². The number of likely N-dealkylation sites (tertiary alicyclic amines) is 1. The van der Waals surface area contributed by atoms with Gasteiger partial charge in [-0.15, -0.1) is 0 Å². The third-order valence-electron chi connectivity index (χ3n) is 5.59. The second kappa shape index (κ2) is 11.0. The van der Waals surface area contributed by atoms with Crippen LogP contribution in [-0.4, -0.2) is 76.0 Å². The zero-order valence-corrected chi connectivity index (χ0v) is 19.0. The van der Waals surface area contributed by atoms with Crippen LogP contribution in [0.5, 0.6) is 0 Å². The van der Waals surface area contributed by atoms with Gasteiger partial charge in [0.1, 0.15) is 12.4 Å². The number of rotatable bonds is 6. The first kappa shape index (κ1) is 24.2. The number of hydrogen-bond donors (Lipinski definition) is 0. The fourth-order valence-electron chi connectivity index (χ4n) is 3.93. The van der Waals surface area contributed by atoms with Crippen molar-refractivity contribution in [2.24, 2.45) is 5.92 Å². The van der Waals surface area contributed by atoms with Crippen LogP contribution < -0.4 is 4.90 Å². The maximum absolute atomic E-state index is 13.0. The Morgan fingerprint density at radius 3 is 2.39 bits per heavy atom. The van der Waals surface area contributed by atoms with Crippen LogP contribution in [0.3, 0.4) is 0 Å². The van der Waals surface area contributed by atoms with E-state index in [-0.39, 0.29) is 42.4 Å². The Morgan fingerprint density at radius 1 is 1.06 bits per heavy atom. The molecule has 10 nitrogen and oxygen atoms in total. The molecule has 2 aliphatic rings. The zero-order chi connectivity index (χ0) is 24.0. The Balaban J connectivity index is 1.80. The van der Waals surface area contributed by atoms with Crippen molar-refractivity contribution < 1.29 is 38.1 Å². The summed E-state index contributed by atoms with van der Waals surface area (Å²) < 4.78 is 20.2. The zero-order valence-electron chi connectivity index (χ0n) is 19.0. The highest BCUT2D eigenvalue weighted by Crippen LogP contribution is 2.28. The number of amides is 1. The van der Waals surface area contributed by atoms with E-state index in [0.717, 1.165) is 6.42 Å². The maximum atomic E-state index is 13.0. The monoisotopic (exact) mass is 460 g/mol. The molecule has 1 amide bonds. The molecule has 0 N–H and O–H groups in total. The number of esters is 3. The average molecular weight is 460 g/mol. The van der Waals surface area contributed by atoms with Crippen LogP contribution in [0.2, 0.25) is 0 Å². The molecule has 1 unspecified atom stereocenters. The highest BCUT2D eigenvalue weighted by molar-refractivity contribution is 6.03. The summed E-state index contributed by atoms with van der Waals surface area (Å²) in [5, 5.41) is 0. The molecule has 0 radical (unpaired) electrons. The quantitative estimate of drug-likeness (QED) is 0.460. The van der Waals surface area contributed by atoms with E-state index in [2.05, 4.69) is 0 Å². The molecule has 0 spiro atoms. The van der Waals surface area contributed by atoms with Crippen molar-refractivity contribution in [1.82, 2.24) is 4.90 Å². The second-order valence-corrected chi connectivity index (χ2v) is 7.61. The molecule has 1 atom stereocenters. The second-order valence-electron chi connectivity index (χ2n) is 7.61. The lowest BCUT2D eigenvalue weighted by Gasteiger charge is -2.32. The summed E-state index contributed by atoms with van der Waals surface area (Å²) in [4.78, 5) is 52.8. The molecule has 0 aromatic heterocycles. The molecule has 0 aliphatic carbocycles. The maximum Gasteiger partial charge on any atom is 0.355 e. The fourth-order valence-corrected chi connectivity index (χ4v) is 3.93. The number of nitrogens with zero attached hydrogens (tertiary/aromatic N) is 2.